The van der Waals surface area contributed by atoms with E-state index in [1.54, 1.807) is 37.3 Å². The molecule has 1 aromatic carbocycles. The maximum atomic E-state index is 11.9. The van der Waals surface area contributed by atoms with Crippen molar-refractivity contribution in [3.63, 3.8) is 0 Å². The van der Waals surface area contributed by atoms with Crippen LogP contribution in [-0.4, -0.2) is 28.5 Å². The molecule has 2 aromatic rings. The third-order valence-electron chi connectivity index (χ3n) is 4.21. The number of hydrogen-bond donors (Lipinski definition) is 1. The number of thiophene rings is 1. The van der Waals surface area contributed by atoms with Crippen molar-refractivity contribution in [2.24, 2.45) is 0 Å². The molecule has 0 saturated carbocycles. The van der Waals surface area contributed by atoms with E-state index in [2.05, 4.69) is 6.58 Å². The Balaban J connectivity index is 1.83. The van der Waals surface area contributed by atoms with Gasteiger partial charge in [-0.2, -0.15) is 0 Å². The first-order chi connectivity index (χ1) is 12.4. The molecule has 0 bridgehead atoms. The van der Waals surface area contributed by atoms with Crippen LogP contribution in [0.4, 0.5) is 0 Å². The second kappa shape index (κ2) is 7.61. The average Bonchev–Trinajstić information content (AvgIpc) is 2.98. The Morgan fingerprint density at radius 3 is 2.77 bits per heavy atom. The van der Waals surface area contributed by atoms with Crippen molar-refractivity contribution in [1.29, 1.82) is 0 Å². The van der Waals surface area contributed by atoms with Crippen molar-refractivity contribution in [3.05, 3.63) is 63.5 Å². The fourth-order valence-corrected chi connectivity index (χ4v) is 4.21. The van der Waals surface area contributed by atoms with Gasteiger partial charge in [-0.25, -0.2) is 4.79 Å². The molecule has 1 atom stereocenters. The van der Waals surface area contributed by atoms with Gasteiger partial charge in [-0.15, -0.1) is 11.3 Å². The normalized spacial score (nSPS) is 15.2. The number of carbonyl (C=O) groups excluding carboxylic acids is 1. The van der Waals surface area contributed by atoms with Crippen LogP contribution < -0.4 is 4.74 Å². The first-order valence-electron chi connectivity index (χ1n) is 8.07. The predicted molar refractivity (Wildman–Crippen MR) is 101 cm³/mol. The van der Waals surface area contributed by atoms with Crippen molar-refractivity contribution < 1.29 is 19.4 Å². The molecule has 3 rings (SSSR count). The minimum Gasteiger partial charge on any atom is -0.480 e. The lowest BCUT2D eigenvalue weighted by molar-refractivity contribution is -0.144. The molecule has 1 aliphatic rings. The number of rotatable bonds is 5. The minimum atomic E-state index is -0.939. The van der Waals surface area contributed by atoms with E-state index in [9.17, 15) is 14.7 Å². The van der Waals surface area contributed by atoms with Crippen molar-refractivity contribution in [2.45, 2.75) is 25.9 Å². The molecule has 7 heteroatoms. The summed E-state index contributed by atoms with van der Waals surface area (Å²) in [6.45, 7) is 6.21. The van der Waals surface area contributed by atoms with Crippen molar-refractivity contribution in [1.82, 2.24) is 4.90 Å². The predicted octanol–water partition coefficient (Wildman–Crippen LogP) is 4.07. The third kappa shape index (κ3) is 3.82. The maximum Gasteiger partial charge on any atom is 0.339 e. The highest BCUT2D eigenvalue weighted by molar-refractivity contribution is 7.14. The Labute approximate surface area is 160 Å². The monoisotopic (exact) mass is 391 g/mol. The molecule has 136 valence electrons. The quantitative estimate of drug-likeness (QED) is 0.614. The molecule has 5 nitrogen and oxygen atoms in total. The van der Waals surface area contributed by atoms with Gasteiger partial charge < -0.3 is 9.84 Å². The first-order valence-corrected chi connectivity index (χ1v) is 9.27. The Morgan fingerprint density at radius 1 is 1.38 bits per heavy atom. The molecule has 0 amide bonds. The van der Waals surface area contributed by atoms with Gasteiger partial charge in [-0.3, -0.25) is 9.69 Å². The molecule has 0 aliphatic carbocycles. The molecule has 0 fully saturated rings. The van der Waals surface area contributed by atoms with E-state index < -0.39 is 18.0 Å². The molecule has 0 unspecified atom stereocenters. The molecular formula is C19H18ClNO4S. The smallest absolute Gasteiger partial charge is 0.339 e. The molecule has 0 radical (unpaired) electrons. The first kappa shape index (κ1) is 18.6. The summed E-state index contributed by atoms with van der Waals surface area (Å²) in [5.74, 6) is -1.40. The lowest BCUT2D eigenvalue weighted by Gasteiger charge is -2.32. The molecule has 0 spiro atoms. The summed E-state index contributed by atoms with van der Waals surface area (Å²) in [5, 5.41) is 10.7. The van der Waals surface area contributed by atoms with Crippen LogP contribution in [-0.2, 0) is 22.6 Å². The lowest BCUT2D eigenvalue weighted by Crippen LogP contribution is -2.37. The number of ether oxygens (including phenoxy) is 1. The van der Waals surface area contributed by atoms with Gasteiger partial charge in [0.25, 0.3) is 0 Å². The number of hydrogen-bond acceptors (Lipinski definition) is 5. The van der Waals surface area contributed by atoms with Gasteiger partial charge in [0.05, 0.1) is 0 Å². The van der Waals surface area contributed by atoms with E-state index in [1.165, 1.54) is 11.3 Å². The van der Waals surface area contributed by atoms with Crippen LogP contribution in [0.3, 0.4) is 0 Å². The minimum absolute atomic E-state index is 0.336. The van der Waals surface area contributed by atoms with Crippen LogP contribution in [0.1, 0.15) is 29.0 Å². The number of nitrogens with zero attached hydrogens (tertiary/aromatic N) is 1. The van der Waals surface area contributed by atoms with Gasteiger partial charge in [0.2, 0.25) is 0 Å². The van der Waals surface area contributed by atoms with Gasteiger partial charge >= 0.3 is 11.9 Å². The number of carboxylic acids is 1. The standard InChI is InChI=1S/C19H18ClNO4S/c1-11(2)19(24)25-16-9-12-10-21(8-7-15(12)26-16)17(18(22)23)13-5-3-4-6-14(13)20/h3-6,9,17H,1,7-8,10H2,2H3,(H,22,23)/t17-/m0/s1. The second-order valence-corrected chi connectivity index (χ2v) is 7.67. The van der Waals surface area contributed by atoms with Gasteiger partial charge in [0.1, 0.15) is 6.04 Å². The van der Waals surface area contributed by atoms with Crippen molar-refractivity contribution in [3.8, 4) is 5.06 Å². The number of halogens is 1. The summed E-state index contributed by atoms with van der Waals surface area (Å²) in [5.41, 5.74) is 1.89. The van der Waals surface area contributed by atoms with E-state index in [0.717, 1.165) is 10.4 Å². The highest BCUT2D eigenvalue weighted by Gasteiger charge is 2.32. The van der Waals surface area contributed by atoms with E-state index in [4.69, 9.17) is 16.3 Å². The number of aliphatic carboxylic acids is 1. The van der Waals surface area contributed by atoms with E-state index in [-0.39, 0.29) is 0 Å². The van der Waals surface area contributed by atoms with E-state index in [0.29, 0.717) is 40.7 Å². The third-order valence-corrected chi connectivity index (χ3v) is 5.67. The zero-order valence-electron chi connectivity index (χ0n) is 14.2. The number of esters is 1. The van der Waals surface area contributed by atoms with Crippen LogP contribution in [0.2, 0.25) is 5.02 Å². The van der Waals surface area contributed by atoms with Crippen molar-refractivity contribution >= 4 is 34.9 Å². The largest absolute Gasteiger partial charge is 0.480 e. The van der Waals surface area contributed by atoms with Crippen LogP contribution >= 0.6 is 22.9 Å². The summed E-state index contributed by atoms with van der Waals surface area (Å²) in [7, 11) is 0. The average molecular weight is 392 g/mol. The molecule has 2 heterocycles. The highest BCUT2D eigenvalue weighted by atomic mass is 35.5. The molecule has 0 saturated heterocycles. The van der Waals surface area contributed by atoms with Gasteiger partial charge in [0, 0.05) is 28.6 Å². The van der Waals surface area contributed by atoms with E-state index >= 15 is 0 Å². The topological polar surface area (TPSA) is 66.8 Å². The number of carbonyl (C=O) groups is 2. The second-order valence-electron chi connectivity index (χ2n) is 6.17. The summed E-state index contributed by atoms with van der Waals surface area (Å²) in [6.07, 6.45) is 0.693. The Hall–Kier alpha value is -2.15. The Bertz CT molecular complexity index is 876. The number of fused-ring (bicyclic) bond motifs is 1. The van der Waals surface area contributed by atoms with E-state index in [1.807, 2.05) is 4.90 Å². The molecular weight excluding hydrogens is 374 g/mol. The van der Waals surface area contributed by atoms with Gasteiger partial charge in [-0.05, 0) is 36.6 Å². The maximum absolute atomic E-state index is 11.9. The van der Waals surface area contributed by atoms with Gasteiger partial charge in [0.15, 0.2) is 5.06 Å². The van der Waals surface area contributed by atoms with Crippen LogP contribution in [0.25, 0.3) is 0 Å². The molecule has 1 N–H and O–H groups in total. The van der Waals surface area contributed by atoms with Gasteiger partial charge in [-0.1, -0.05) is 36.4 Å². The molecule has 1 aliphatic heterocycles. The van der Waals surface area contributed by atoms with Crippen molar-refractivity contribution in [2.75, 3.05) is 6.54 Å². The molecule has 26 heavy (non-hydrogen) atoms. The fraction of sp³-hybridized carbons (Fsp3) is 0.263. The van der Waals surface area contributed by atoms with Crippen LogP contribution in [0.5, 0.6) is 5.06 Å². The fourth-order valence-electron chi connectivity index (χ4n) is 2.96. The zero-order chi connectivity index (χ0) is 18.8. The number of carboxylic acid groups (broad SMARTS) is 1. The Morgan fingerprint density at radius 2 is 2.12 bits per heavy atom. The number of benzene rings is 1. The molecule has 1 aromatic heterocycles. The summed E-state index contributed by atoms with van der Waals surface area (Å²) < 4.78 is 5.30. The summed E-state index contributed by atoms with van der Waals surface area (Å²) in [6, 6.07) is 7.98. The summed E-state index contributed by atoms with van der Waals surface area (Å²) in [4.78, 5) is 26.6. The summed E-state index contributed by atoms with van der Waals surface area (Å²) >= 11 is 7.64. The van der Waals surface area contributed by atoms with Crippen LogP contribution in [0, 0.1) is 0 Å². The lowest BCUT2D eigenvalue weighted by atomic mass is 10.0. The highest BCUT2D eigenvalue weighted by Crippen LogP contribution is 2.37. The SMILES string of the molecule is C=C(C)C(=O)Oc1cc2c(s1)CCN([C@H](C(=O)O)c1ccccc1Cl)C2. The zero-order valence-corrected chi connectivity index (χ0v) is 15.8. The van der Waals surface area contributed by atoms with Crippen LogP contribution in [0.15, 0.2) is 42.5 Å². The Kier molecular flexibility index (Phi) is 5.46.